The number of methoxy groups -OCH3 is 1. The van der Waals surface area contributed by atoms with Gasteiger partial charge in [0.05, 0.1) is 20.0 Å². The molecule has 1 aromatic carbocycles. The molecular weight excluding hydrogens is 432 g/mol. The molecule has 1 N–H and O–H groups in total. The number of hydrogen-bond donors (Lipinski definition) is 1. The van der Waals surface area contributed by atoms with Crippen LogP contribution in [-0.2, 0) is 13.1 Å². The number of anilines is 1. The molecule has 2 atom stereocenters. The van der Waals surface area contributed by atoms with Crippen molar-refractivity contribution >= 4 is 22.6 Å². The molecule has 34 heavy (non-hydrogen) atoms. The van der Waals surface area contributed by atoms with Crippen LogP contribution >= 0.6 is 0 Å². The average molecular weight is 461 g/mol. The smallest absolute Gasteiger partial charge is 0.278 e. The minimum absolute atomic E-state index is 0.134. The molecule has 176 valence electrons. The van der Waals surface area contributed by atoms with Crippen LogP contribution in [0.25, 0.3) is 11.0 Å². The van der Waals surface area contributed by atoms with Crippen LogP contribution in [0.5, 0.6) is 5.75 Å². The Morgan fingerprint density at radius 3 is 2.76 bits per heavy atom. The lowest BCUT2D eigenvalue weighted by molar-refractivity contribution is 0.0970. The van der Waals surface area contributed by atoms with Crippen molar-refractivity contribution in [1.82, 2.24) is 19.4 Å². The number of carbonyl (C=O) groups excluding carboxylic acids is 1. The lowest BCUT2D eigenvalue weighted by atomic mass is 10.1. The first-order valence-electron chi connectivity index (χ1n) is 11.7. The van der Waals surface area contributed by atoms with Crippen LogP contribution in [0.4, 0.5) is 5.82 Å². The predicted molar refractivity (Wildman–Crippen MR) is 128 cm³/mol. The zero-order valence-corrected chi connectivity index (χ0v) is 19.5. The fraction of sp³-hybridized carbons (Fsp3) is 0.440. The maximum atomic E-state index is 13.7. The third-order valence-electron chi connectivity index (χ3n) is 6.93. The minimum atomic E-state index is -0.299. The Labute approximate surface area is 197 Å². The van der Waals surface area contributed by atoms with Crippen molar-refractivity contribution in [2.75, 3.05) is 38.2 Å². The highest BCUT2D eigenvalue weighted by atomic mass is 16.5. The number of carbonyl (C=O) groups is 1. The van der Waals surface area contributed by atoms with E-state index < -0.39 is 0 Å². The molecule has 0 radical (unpaired) electrons. The summed E-state index contributed by atoms with van der Waals surface area (Å²) in [5, 5.41) is 13.4. The Balaban J connectivity index is 1.60. The lowest BCUT2D eigenvalue weighted by Gasteiger charge is -2.30. The molecule has 0 amide bonds. The molecule has 0 bridgehead atoms. The van der Waals surface area contributed by atoms with E-state index in [9.17, 15) is 14.9 Å². The molecule has 2 aromatic heterocycles. The molecule has 5 rings (SSSR count). The molecular formula is C25H28N6O3. The molecule has 1 aliphatic carbocycles. The summed E-state index contributed by atoms with van der Waals surface area (Å²) in [6, 6.07) is 9.19. The number of ketones is 1. The summed E-state index contributed by atoms with van der Waals surface area (Å²) in [6.07, 6.45) is 2.49. The predicted octanol–water partition coefficient (Wildman–Crippen LogP) is 2.03. The second-order valence-corrected chi connectivity index (χ2v) is 9.16. The number of benzene rings is 1. The highest BCUT2D eigenvalue weighted by Crippen LogP contribution is 2.41. The van der Waals surface area contributed by atoms with Gasteiger partial charge in [0.15, 0.2) is 5.78 Å². The fourth-order valence-electron chi connectivity index (χ4n) is 4.78. The Morgan fingerprint density at radius 2 is 2.09 bits per heavy atom. The van der Waals surface area contributed by atoms with E-state index in [1.807, 2.05) is 4.57 Å². The Hall–Kier alpha value is -3.64. The van der Waals surface area contributed by atoms with E-state index >= 15 is 0 Å². The molecule has 9 heteroatoms. The number of ether oxygens (including phenoxy) is 1. The van der Waals surface area contributed by atoms with Gasteiger partial charge in [-0.3, -0.25) is 14.2 Å². The number of Topliss-reactive ketones (excluding diaryl/α,β-unsaturated/α-hetero) is 1. The van der Waals surface area contributed by atoms with Crippen LogP contribution in [0.15, 0.2) is 35.4 Å². The Morgan fingerprint density at radius 1 is 1.32 bits per heavy atom. The number of piperazine rings is 1. The van der Waals surface area contributed by atoms with Crippen molar-refractivity contribution in [2.45, 2.75) is 26.4 Å². The molecule has 0 unspecified atom stereocenters. The summed E-state index contributed by atoms with van der Waals surface area (Å²) in [5.41, 5.74) is 1.43. The molecule has 2 fully saturated rings. The molecule has 3 aromatic rings. The first kappa shape index (κ1) is 22.2. The van der Waals surface area contributed by atoms with Gasteiger partial charge in [0.1, 0.15) is 34.2 Å². The van der Waals surface area contributed by atoms with Crippen molar-refractivity contribution in [3.05, 3.63) is 52.1 Å². The van der Waals surface area contributed by atoms with Gasteiger partial charge in [-0.05, 0) is 30.4 Å². The van der Waals surface area contributed by atoms with Gasteiger partial charge in [0.25, 0.3) is 5.56 Å². The summed E-state index contributed by atoms with van der Waals surface area (Å²) in [6.45, 7) is 5.89. The summed E-state index contributed by atoms with van der Waals surface area (Å²) in [4.78, 5) is 33.3. The van der Waals surface area contributed by atoms with Crippen LogP contribution < -0.4 is 20.5 Å². The maximum absolute atomic E-state index is 13.7. The molecule has 3 heterocycles. The Kier molecular flexibility index (Phi) is 5.84. The lowest BCUT2D eigenvalue weighted by Crippen LogP contribution is -2.44. The largest absolute Gasteiger partial charge is 0.497 e. The van der Waals surface area contributed by atoms with Crippen molar-refractivity contribution < 1.29 is 9.53 Å². The van der Waals surface area contributed by atoms with Gasteiger partial charge in [0, 0.05) is 38.3 Å². The number of hydrogen-bond acceptors (Lipinski definition) is 7. The van der Waals surface area contributed by atoms with Crippen molar-refractivity contribution in [3.63, 3.8) is 0 Å². The fourth-order valence-corrected chi connectivity index (χ4v) is 4.78. The molecule has 1 saturated heterocycles. The normalized spacial score (nSPS) is 19.7. The van der Waals surface area contributed by atoms with Crippen LogP contribution in [0, 0.1) is 23.2 Å². The van der Waals surface area contributed by atoms with Crippen molar-refractivity contribution in [1.29, 1.82) is 5.26 Å². The summed E-state index contributed by atoms with van der Waals surface area (Å²) < 4.78 is 8.56. The average Bonchev–Trinajstić information content (AvgIpc) is 3.46. The first-order valence-corrected chi connectivity index (χ1v) is 11.7. The third-order valence-corrected chi connectivity index (χ3v) is 6.93. The molecule has 9 nitrogen and oxygen atoms in total. The van der Waals surface area contributed by atoms with Gasteiger partial charge in [-0.2, -0.15) is 5.26 Å². The quantitative estimate of drug-likeness (QED) is 0.538. The zero-order chi connectivity index (χ0) is 23.8. The number of rotatable bonds is 7. The number of nitriles is 1. The van der Waals surface area contributed by atoms with Crippen molar-refractivity contribution in [2.24, 2.45) is 11.8 Å². The van der Waals surface area contributed by atoms with Crippen molar-refractivity contribution in [3.8, 4) is 11.8 Å². The van der Waals surface area contributed by atoms with Gasteiger partial charge in [-0.25, -0.2) is 4.98 Å². The maximum Gasteiger partial charge on any atom is 0.278 e. The standard InChI is InChI=1S/C25H28N6O3/c1-16-10-18(16)13-31-23-22(20(12-26)24(31)29-8-6-27-7-9-29)28-15-30(25(23)33)14-21(32)17-4-3-5-19(11-17)34-2/h3-5,11,15-16,18,27H,6-10,13-14H2,1-2H3/t16-,18+/m0/s1. The van der Waals surface area contributed by atoms with Crippen LogP contribution in [-0.4, -0.2) is 53.2 Å². The van der Waals surface area contributed by atoms with E-state index in [2.05, 4.69) is 28.2 Å². The summed E-state index contributed by atoms with van der Waals surface area (Å²) in [7, 11) is 1.55. The number of nitrogens with one attached hydrogen (secondary N) is 1. The van der Waals surface area contributed by atoms with Crippen LogP contribution in [0.1, 0.15) is 29.3 Å². The van der Waals surface area contributed by atoms with Gasteiger partial charge in [-0.1, -0.05) is 19.1 Å². The third kappa shape index (κ3) is 3.94. The SMILES string of the molecule is COc1cccc(C(=O)Cn2cnc3c(C#N)c(N4CCNCC4)n(C[C@H]4C[C@@H]4C)c3c2=O)c1. The van der Waals surface area contributed by atoms with E-state index in [1.165, 1.54) is 10.9 Å². The van der Waals surface area contributed by atoms with E-state index in [1.54, 1.807) is 31.4 Å². The van der Waals surface area contributed by atoms with Gasteiger partial charge in [0.2, 0.25) is 0 Å². The number of nitrogens with zero attached hydrogens (tertiary/aromatic N) is 5. The summed E-state index contributed by atoms with van der Waals surface area (Å²) in [5.74, 6) is 2.21. The summed E-state index contributed by atoms with van der Waals surface area (Å²) >= 11 is 0. The van der Waals surface area contributed by atoms with Gasteiger partial charge >= 0.3 is 0 Å². The zero-order valence-electron chi connectivity index (χ0n) is 19.5. The second kappa shape index (κ2) is 8.95. The van der Waals surface area contributed by atoms with E-state index in [-0.39, 0.29) is 17.9 Å². The molecule has 2 aliphatic rings. The monoisotopic (exact) mass is 460 g/mol. The molecule has 1 aliphatic heterocycles. The van der Waals surface area contributed by atoms with E-state index in [4.69, 9.17) is 4.74 Å². The second-order valence-electron chi connectivity index (χ2n) is 9.16. The topological polar surface area (TPSA) is 105 Å². The Bertz CT molecular complexity index is 1350. The minimum Gasteiger partial charge on any atom is -0.497 e. The van der Waals surface area contributed by atoms with E-state index in [0.29, 0.717) is 46.3 Å². The van der Waals surface area contributed by atoms with Gasteiger partial charge < -0.3 is 19.5 Å². The van der Waals surface area contributed by atoms with Crippen LogP contribution in [0.2, 0.25) is 0 Å². The van der Waals surface area contributed by atoms with Crippen LogP contribution in [0.3, 0.4) is 0 Å². The van der Waals surface area contributed by atoms with Gasteiger partial charge in [-0.15, -0.1) is 0 Å². The van der Waals surface area contributed by atoms with E-state index in [0.717, 1.165) is 38.4 Å². The number of fused-ring (bicyclic) bond motifs is 1. The molecule has 0 spiro atoms. The highest BCUT2D eigenvalue weighted by molar-refractivity contribution is 5.96. The first-order chi connectivity index (χ1) is 16.5. The molecule has 1 saturated carbocycles. The highest BCUT2D eigenvalue weighted by Gasteiger charge is 2.36. The number of aromatic nitrogens is 3.